The van der Waals surface area contributed by atoms with Gasteiger partial charge in [0.2, 0.25) is 11.9 Å². The number of anilines is 1. The first-order valence-electron chi connectivity index (χ1n) is 5.98. The molecule has 0 aliphatic heterocycles. The Bertz CT molecular complexity index is 544. The van der Waals surface area contributed by atoms with Crippen molar-refractivity contribution in [3.05, 3.63) is 30.9 Å². The van der Waals surface area contributed by atoms with Gasteiger partial charge in [-0.25, -0.2) is 14.6 Å². The summed E-state index contributed by atoms with van der Waals surface area (Å²) < 4.78 is 1.51. The van der Waals surface area contributed by atoms with E-state index in [0.717, 1.165) is 0 Å². The van der Waals surface area contributed by atoms with Crippen LogP contribution in [0.25, 0.3) is 5.95 Å². The Morgan fingerprint density at radius 1 is 1.40 bits per heavy atom. The molecule has 0 bridgehead atoms. The highest BCUT2D eigenvalue weighted by atomic mass is 35.5. The maximum absolute atomic E-state index is 11.8. The van der Waals surface area contributed by atoms with Gasteiger partial charge in [0.15, 0.2) is 0 Å². The minimum atomic E-state index is -0.110. The van der Waals surface area contributed by atoms with Crippen LogP contribution in [0, 0.1) is 5.92 Å². The van der Waals surface area contributed by atoms with Gasteiger partial charge in [0.1, 0.15) is 0 Å². The zero-order valence-electron chi connectivity index (χ0n) is 11.3. The van der Waals surface area contributed by atoms with E-state index in [1.165, 1.54) is 4.68 Å². The third-order valence-electron chi connectivity index (χ3n) is 2.57. The molecule has 2 rings (SSSR count). The average molecular weight is 297 g/mol. The Hall–Kier alpha value is -1.99. The van der Waals surface area contributed by atoms with Gasteiger partial charge >= 0.3 is 0 Å². The summed E-state index contributed by atoms with van der Waals surface area (Å²) in [5.41, 5.74) is 0.625. The highest BCUT2D eigenvalue weighted by molar-refractivity contribution is 5.92. The molecule has 2 aromatic rings. The number of nitrogens with one attached hydrogen (secondary N) is 2. The second kappa shape index (κ2) is 7.56. The van der Waals surface area contributed by atoms with E-state index in [-0.39, 0.29) is 24.2 Å². The quantitative estimate of drug-likeness (QED) is 0.855. The van der Waals surface area contributed by atoms with Gasteiger partial charge in [-0.15, -0.1) is 12.4 Å². The highest BCUT2D eigenvalue weighted by Crippen LogP contribution is 2.09. The van der Waals surface area contributed by atoms with Crippen LogP contribution in [-0.4, -0.2) is 39.2 Å². The van der Waals surface area contributed by atoms with Gasteiger partial charge in [-0.05, 0) is 13.1 Å². The minimum absolute atomic E-state index is 0. The average Bonchev–Trinajstić information content (AvgIpc) is 2.88. The number of rotatable bonds is 5. The monoisotopic (exact) mass is 296 g/mol. The van der Waals surface area contributed by atoms with Crippen LogP contribution >= 0.6 is 12.4 Å². The Labute approximate surface area is 123 Å². The highest BCUT2D eigenvalue weighted by Gasteiger charge is 2.13. The van der Waals surface area contributed by atoms with Crippen molar-refractivity contribution < 1.29 is 4.79 Å². The molecule has 0 aromatic carbocycles. The Balaban J connectivity index is 0.00000200. The van der Waals surface area contributed by atoms with E-state index in [9.17, 15) is 4.79 Å². The minimum Gasteiger partial charge on any atom is -0.323 e. The number of hydrogen-bond donors (Lipinski definition) is 2. The molecule has 2 N–H and O–H groups in total. The van der Waals surface area contributed by atoms with Crippen LogP contribution in [0.5, 0.6) is 0 Å². The number of nitrogens with zero attached hydrogens (tertiary/aromatic N) is 4. The molecule has 8 heteroatoms. The molecule has 1 unspecified atom stereocenters. The number of carbonyl (C=O) groups excluding carboxylic acids is 1. The number of carbonyl (C=O) groups is 1. The van der Waals surface area contributed by atoms with Crippen molar-refractivity contribution in [1.82, 2.24) is 25.1 Å². The molecule has 2 heterocycles. The van der Waals surface area contributed by atoms with Crippen LogP contribution < -0.4 is 10.6 Å². The van der Waals surface area contributed by atoms with Gasteiger partial charge in [0.05, 0.1) is 18.1 Å². The van der Waals surface area contributed by atoms with E-state index in [1.807, 2.05) is 14.0 Å². The fraction of sp³-hybridized carbons (Fsp3) is 0.333. The summed E-state index contributed by atoms with van der Waals surface area (Å²) in [6, 6.07) is 1.73. The lowest BCUT2D eigenvalue weighted by atomic mass is 10.1. The lowest BCUT2D eigenvalue weighted by Gasteiger charge is -2.09. The summed E-state index contributed by atoms with van der Waals surface area (Å²) in [6.07, 6.45) is 6.52. The maximum Gasteiger partial charge on any atom is 0.250 e. The van der Waals surface area contributed by atoms with Crippen molar-refractivity contribution in [1.29, 1.82) is 0 Å². The largest absolute Gasteiger partial charge is 0.323 e. The van der Waals surface area contributed by atoms with Gasteiger partial charge in [0.25, 0.3) is 0 Å². The van der Waals surface area contributed by atoms with Gasteiger partial charge < -0.3 is 10.6 Å². The molecule has 0 radical (unpaired) electrons. The van der Waals surface area contributed by atoms with E-state index in [1.54, 1.807) is 30.9 Å². The van der Waals surface area contributed by atoms with Crippen LogP contribution in [0.4, 0.5) is 5.69 Å². The first-order valence-corrected chi connectivity index (χ1v) is 5.98. The van der Waals surface area contributed by atoms with Crippen molar-refractivity contribution in [2.24, 2.45) is 5.92 Å². The van der Waals surface area contributed by atoms with Crippen molar-refractivity contribution in [2.45, 2.75) is 6.92 Å². The number of aromatic nitrogens is 4. The van der Waals surface area contributed by atoms with Crippen LogP contribution in [-0.2, 0) is 4.79 Å². The van der Waals surface area contributed by atoms with E-state index in [0.29, 0.717) is 18.2 Å². The van der Waals surface area contributed by atoms with Crippen molar-refractivity contribution in [2.75, 3.05) is 18.9 Å². The summed E-state index contributed by atoms with van der Waals surface area (Å²) in [5, 5.41) is 9.87. The molecule has 1 atom stereocenters. The topological polar surface area (TPSA) is 84.7 Å². The molecule has 1 amide bonds. The molecule has 0 fully saturated rings. The molecule has 0 saturated carbocycles. The van der Waals surface area contributed by atoms with Crippen molar-refractivity contribution in [3.8, 4) is 5.95 Å². The Kier molecular flexibility index (Phi) is 6.08. The van der Waals surface area contributed by atoms with E-state index in [2.05, 4.69) is 25.7 Å². The van der Waals surface area contributed by atoms with Crippen LogP contribution in [0.15, 0.2) is 30.9 Å². The summed E-state index contributed by atoms with van der Waals surface area (Å²) in [7, 11) is 1.81. The standard InChI is InChI=1S/C12H16N6O.ClH/c1-9(6-13-2)11(19)17-10-7-16-18(8-10)12-14-4-3-5-15-12;/h3-5,7-9,13H,6H2,1-2H3,(H,17,19);1H. The van der Waals surface area contributed by atoms with E-state index in [4.69, 9.17) is 0 Å². The van der Waals surface area contributed by atoms with Gasteiger partial charge in [-0.3, -0.25) is 4.79 Å². The predicted molar refractivity (Wildman–Crippen MR) is 78.1 cm³/mol. The fourth-order valence-electron chi connectivity index (χ4n) is 1.57. The number of hydrogen-bond acceptors (Lipinski definition) is 5. The summed E-state index contributed by atoms with van der Waals surface area (Å²) in [6.45, 7) is 2.48. The van der Waals surface area contributed by atoms with Crippen LogP contribution in [0.2, 0.25) is 0 Å². The van der Waals surface area contributed by atoms with Crippen LogP contribution in [0.3, 0.4) is 0 Å². The third kappa shape index (κ3) is 4.01. The van der Waals surface area contributed by atoms with Gasteiger partial charge in [-0.2, -0.15) is 5.10 Å². The van der Waals surface area contributed by atoms with Crippen molar-refractivity contribution >= 4 is 24.0 Å². The second-order valence-corrected chi connectivity index (χ2v) is 4.17. The molecule has 20 heavy (non-hydrogen) atoms. The summed E-state index contributed by atoms with van der Waals surface area (Å²) >= 11 is 0. The molecule has 7 nitrogen and oxygen atoms in total. The smallest absolute Gasteiger partial charge is 0.250 e. The van der Waals surface area contributed by atoms with E-state index >= 15 is 0 Å². The molecular formula is C12H17ClN6O. The molecule has 0 aliphatic carbocycles. The molecule has 0 aliphatic rings. The zero-order valence-corrected chi connectivity index (χ0v) is 12.1. The lowest BCUT2D eigenvalue weighted by Crippen LogP contribution is -2.28. The van der Waals surface area contributed by atoms with Gasteiger partial charge in [0, 0.05) is 24.9 Å². The SMILES string of the molecule is CNCC(C)C(=O)Nc1cnn(-c2ncccn2)c1.Cl. The molecular weight excluding hydrogens is 280 g/mol. The van der Waals surface area contributed by atoms with Crippen LogP contribution in [0.1, 0.15) is 6.92 Å². The van der Waals surface area contributed by atoms with Gasteiger partial charge in [-0.1, -0.05) is 6.92 Å². The Morgan fingerprint density at radius 2 is 2.10 bits per heavy atom. The number of amides is 1. The maximum atomic E-state index is 11.8. The first-order chi connectivity index (χ1) is 9.20. The predicted octanol–water partition coefficient (Wildman–Crippen LogP) is 0.878. The molecule has 2 aromatic heterocycles. The zero-order chi connectivity index (χ0) is 13.7. The third-order valence-corrected chi connectivity index (χ3v) is 2.57. The number of halogens is 1. The molecule has 0 spiro atoms. The fourth-order valence-corrected chi connectivity index (χ4v) is 1.57. The lowest BCUT2D eigenvalue weighted by molar-refractivity contribution is -0.119. The molecule has 108 valence electrons. The Morgan fingerprint density at radius 3 is 2.75 bits per heavy atom. The van der Waals surface area contributed by atoms with Crippen molar-refractivity contribution in [3.63, 3.8) is 0 Å². The second-order valence-electron chi connectivity index (χ2n) is 4.17. The normalized spacial score (nSPS) is 11.5. The summed E-state index contributed by atoms with van der Waals surface area (Å²) in [4.78, 5) is 20.0. The molecule has 0 saturated heterocycles. The van der Waals surface area contributed by atoms with E-state index < -0.39 is 0 Å². The first kappa shape index (κ1) is 16.1. The summed E-state index contributed by atoms with van der Waals surface area (Å²) in [5.74, 6) is 0.301.